The van der Waals surface area contributed by atoms with Crippen molar-refractivity contribution < 1.29 is 14.6 Å². The van der Waals surface area contributed by atoms with Crippen LogP contribution in [0.15, 0.2) is 12.7 Å². The van der Waals surface area contributed by atoms with Crippen LogP contribution >= 0.6 is 0 Å². The van der Waals surface area contributed by atoms with Crippen molar-refractivity contribution in [2.45, 2.75) is 51.7 Å². The highest BCUT2D eigenvalue weighted by atomic mass is 16.5. The number of hydrogen-bond donors (Lipinski definition) is 2. The number of carbonyl (C=O) groups is 1. The highest BCUT2D eigenvalue weighted by Gasteiger charge is 2.20. The number of nitrogens with one attached hydrogen (secondary N) is 1. The number of amides is 1. The van der Waals surface area contributed by atoms with Crippen molar-refractivity contribution in [1.82, 2.24) is 5.32 Å². The maximum absolute atomic E-state index is 10.9. The first-order chi connectivity index (χ1) is 7.66. The summed E-state index contributed by atoms with van der Waals surface area (Å²) in [5.41, 5.74) is -1.01. The second-order valence-corrected chi connectivity index (χ2v) is 5.42. The topological polar surface area (TPSA) is 58.6 Å². The smallest absolute Gasteiger partial charge is 0.243 e. The molecule has 0 aromatic heterocycles. The fourth-order valence-corrected chi connectivity index (χ4v) is 1.21. The van der Waals surface area contributed by atoms with E-state index in [0.29, 0.717) is 19.6 Å². The molecular formula is C13H25NO3. The normalized spacial score (nSPS) is 12.3. The van der Waals surface area contributed by atoms with E-state index in [4.69, 9.17) is 4.74 Å². The molecule has 0 fully saturated rings. The van der Waals surface area contributed by atoms with Crippen molar-refractivity contribution in [2.24, 2.45) is 0 Å². The monoisotopic (exact) mass is 243 g/mol. The van der Waals surface area contributed by atoms with Gasteiger partial charge in [-0.2, -0.15) is 0 Å². The summed E-state index contributed by atoms with van der Waals surface area (Å²) >= 11 is 0. The van der Waals surface area contributed by atoms with Gasteiger partial charge in [0.05, 0.1) is 17.8 Å². The average Bonchev–Trinajstić information content (AvgIpc) is 2.14. The third kappa shape index (κ3) is 10.0. The summed E-state index contributed by atoms with van der Waals surface area (Å²) in [6, 6.07) is 0. The molecule has 4 heteroatoms. The predicted molar refractivity (Wildman–Crippen MR) is 68.8 cm³/mol. The summed E-state index contributed by atoms with van der Waals surface area (Å²) in [4.78, 5) is 10.9. The molecule has 4 nitrogen and oxygen atoms in total. The van der Waals surface area contributed by atoms with Gasteiger partial charge in [-0.15, -0.1) is 0 Å². The summed E-state index contributed by atoms with van der Waals surface area (Å²) < 4.78 is 5.68. The second-order valence-electron chi connectivity index (χ2n) is 5.42. The fourth-order valence-electron chi connectivity index (χ4n) is 1.21. The first-order valence-corrected chi connectivity index (χ1v) is 5.93. The van der Waals surface area contributed by atoms with Gasteiger partial charge in [0.2, 0.25) is 5.91 Å². The molecule has 0 radical (unpaired) electrons. The zero-order chi connectivity index (χ0) is 13.5. The van der Waals surface area contributed by atoms with E-state index >= 15 is 0 Å². The zero-order valence-corrected chi connectivity index (χ0v) is 11.4. The Morgan fingerprint density at radius 3 is 2.41 bits per heavy atom. The molecule has 17 heavy (non-hydrogen) atoms. The van der Waals surface area contributed by atoms with E-state index in [-0.39, 0.29) is 11.5 Å². The van der Waals surface area contributed by atoms with Gasteiger partial charge in [0.25, 0.3) is 0 Å². The lowest BCUT2D eigenvalue weighted by Gasteiger charge is -2.27. The minimum atomic E-state index is -0.701. The largest absolute Gasteiger partial charge is 0.390 e. The second kappa shape index (κ2) is 6.77. The third-order valence-electron chi connectivity index (χ3n) is 2.42. The molecule has 1 amide bonds. The molecule has 0 aliphatic carbocycles. The Balaban J connectivity index is 3.80. The van der Waals surface area contributed by atoms with E-state index in [2.05, 4.69) is 11.9 Å². The molecule has 0 saturated heterocycles. The van der Waals surface area contributed by atoms with Gasteiger partial charge < -0.3 is 15.2 Å². The highest BCUT2D eigenvalue weighted by Crippen LogP contribution is 2.16. The van der Waals surface area contributed by atoms with Crippen LogP contribution in [0.4, 0.5) is 0 Å². The first kappa shape index (κ1) is 16.1. The summed E-state index contributed by atoms with van der Waals surface area (Å²) in [7, 11) is 0. The Labute approximate surface area is 104 Å². The van der Waals surface area contributed by atoms with Crippen LogP contribution in [0, 0.1) is 0 Å². The lowest BCUT2D eigenvalue weighted by Crippen LogP contribution is -2.33. The zero-order valence-electron chi connectivity index (χ0n) is 11.4. The van der Waals surface area contributed by atoms with Crippen LogP contribution in [0.1, 0.15) is 40.5 Å². The Hall–Kier alpha value is -0.870. The maximum Gasteiger partial charge on any atom is 0.243 e. The van der Waals surface area contributed by atoms with Crippen LogP contribution in [0.5, 0.6) is 0 Å². The Kier molecular flexibility index (Phi) is 6.42. The van der Waals surface area contributed by atoms with Crippen LogP contribution in [-0.2, 0) is 9.53 Å². The van der Waals surface area contributed by atoms with Crippen molar-refractivity contribution in [2.75, 3.05) is 13.2 Å². The van der Waals surface area contributed by atoms with E-state index < -0.39 is 5.60 Å². The summed E-state index contributed by atoms with van der Waals surface area (Å²) in [5.74, 6) is -0.169. The van der Waals surface area contributed by atoms with Crippen LogP contribution < -0.4 is 5.32 Å². The number of ether oxygens (including phenoxy) is 1. The van der Waals surface area contributed by atoms with Gasteiger partial charge in [0, 0.05) is 6.54 Å². The molecule has 0 atom stereocenters. The molecule has 2 N–H and O–H groups in total. The molecule has 0 heterocycles. The molecule has 0 aliphatic heterocycles. The van der Waals surface area contributed by atoms with E-state index in [0.717, 1.165) is 6.42 Å². The molecule has 100 valence electrons. The van der Waals surface area contributed by atoms with Gasteiger partial charge in [-0.25, -0.2) is 0 Å². The molecule has 0 aromatic rings. The SMILES string of the molecule is C=CC(=O)NCCC(C)(C)OCCC(C)(C)O. The lowest BCUT2D eigenvalue weighted by molar-refractivity contribution is -0.116. The van der Waals surface area contributed by atoms with Crippen molar-refractivity contribution in [3.8, 4) is 0 Å². The highest BCUT2D eigenvalue weighted by molar-refractivity contribution is 5.86. The Morgan fingerprint density at radius 1 is 1.35 bits per heavy atom. The van der Waals surface area contributed by atoms with Gasteiger partial charge in [0.15, 0.2) is 0 Å². The molecule has 0 unspecified atom stereocenters. The third-order valence-corrected chi connectivity index (χ3v) is 2.42. The maximum atomic E-state index is 10.9. The summed E-state index contributed by atoms with van der Waals surface area (Å²) in [6.45, 7) is 11.9. The van der Waals surface area contributed by atoms with Crippen molar-refractivity contribution >= 4 is 5.91 Å². The van der Waals surface area contributed by atoms with E-state index in [9.17, 15) is 9.90 Å². The van der Waals surface area contributed by atoms with Gasteiger partial charge in [-0.1, -0.05) is 6.58 Å². The van der Waals surface area contributed by atoms with Gasteiger partial charge in [-0.3, -0.25) is 4.79 Å². The fraction of sp³-hybridized carbons (Fsp3) is 0.769. The van der Waals surface area contributed by atoms with E-state index in [1.54, 1.807) is 13.8 Å². The number of rotatable bonds is 8. The summed E-state index contributed by atoms with van der Waals surface area (Å²) in [5, 5.41) is 12.3. The molecule has 0 saturated carbocycles. The average molecular weight is 243 g/mol. The van der Waals surface area contributed by atoms with Gasteiger partial charge >= 0.3 is 0 Å². The molecule has 0 aliphatic rings. The van der Waals surface area contributed by atoms with E-state index in [1.807, 2.05) is 13.8 Å². The lowest BCUT2D eigenvalue weighted by atomic mass is 10.0. The number of aliphatic hydroxyl groups is 1. The quantitative estimate of drug-likeness (QED) is 0.637. The Bertz CT molecular complexity index is 254. The molecule has 0 aromatic carbocycles. The van der Waals surface area contributed by atoms with Crippen molar-refractivity contribution in [3.05, 3.63) is 12.7 Å². The standard InChI is InChI=1S/C13H25NO3/c1-6-11(15)14-9-7-13(4,5)17-10-8-12(2,3)16/h6,16H,1,7-10H2,2-5H3,(H,14,15). The van der Waals surface area contributed by atoms with Crippen LogP contribution in [0.2, 0.25) is 0 Å². The Morgan fingerprint density at radius 2 is 1.94 bits per heavy atom. The van der Waals surface area contributed by atoms with Crippen LogP contribution in [0.25, 0.3) is 0 Å². The van der Waals surface area contributed by atoms with Crippen molar-refractivity contribution in [3.63, 3.8) is 0 Å². The summed E-state index contributed by atoms with van der Waals surface area (Å²) in [6.07, 6.45) is 2.57. The number of hydrogen-bond acceptors (Lipinski definition) is 3. The van der Waals surface area contributed by atoms with Crippen LogP contribution in [0.3, 0.4) is 0 Å². The first-order valence-electron chi connectivity index (χ1n) is 5.93. The molecule has 0 rings (SSSR count). The molecular weight excluding hydrogens is 218 g/mol. The van der Waals surface area contributed by atoms with Gasteiger partial charge in [0.1, 0.15) is 0 Å². The molecule has 0 spiro atoms. The van der Waals surface area contributed by atoms with Crippen molar-refractivity contribution in [1.29, 1.82) is 0 Å². The van der Waals surface area contributed by atoms with E-state index in [1.165, 1.54) is 6.08 Å². The predicted octanol–water partition coefficient (Wildman–Crippen LogP) is 1.63. The minimum absolute atomic E-state index is 0.169. The minimum Gasteiger partial charge on any atom is -0.390 e. The number of carbonyl (C=O) groups excluding carboxylic acids is 1. The van der Waals surface area contributed by atoms with Crippen LogP contribution in [-0.4, -0.2) is 35.4 Å². The molecule has 0 bridgehead atoms. The van der Waals surface area contributed by atoms with Gasteiger partial charge in [-0.05, 0) is 46.6 Å².